The largest absolute Gasteiger partial charge is 0.388 e. The Kier molecular flexibility index (Phi) is 4.28. The van der Waals surface area contributed by atoms with Crippen LogP contribution in [-0.2, 0) is 0 Å². The number of anilines is 1. The molecule has 1 aromatic carbocycles. The number of piperidine rings is 1. The van der Waals surface area contributed by atoms with Gasteiger partial charge in [-0.3, -0.25) is 0 Å². The van der Waals surface area contributed by atoms with Crippen molar-refractivity contribution in [2.75, 3.05) is 18.0 Å². The highest BCUT2D eigenvalue weighted by molar-refractivity contribution is 5.48. The molecular formula is C16H25NO. The first kappa shape index (κ1) is 13.4. The van der Waals surface area contributed by atoms with E-state index in [1.807, 2.05) is 6.92 Å². The number of aliphatic hydroxyl groups excluding tert-OH is 1. The first-order valence-corrected chi connectivity index (χ1v) is 7.14. The molecule has 1 aliphatic heterocycles. The van der Waals surface area contributed by atoms with Crippen molar-refractivity contribution in [1.29, 1.82) is 0 Å². The van der Waals surface area contributed by atoms with Crippen molar-refractivity contribution in [3.05, 3.63) is 29.8 Å². The van der Waals surface area contributed by atoms with Gasteiger partial charge in [-0.2, -0.15) is 0 Å². The van der Waals surface area contributed by atoms with E-state index in [-0.39, 0.29) is 6.10 Å². The summed E-state index contributed by atoms with van der Waals surface area (Å²) in [5, 5.41) is 9.79. The van der Waals surface area contributed by atoms with Gasteiger partial charge in [0.05, 0.1) is 6.10 Å². The van der Waals surface area contributed by atoms with E-state index in [1.54, 1.807) is 0 Å². The van der Waals surface area contributed by atoms with E-state index in [9.17, 15) is 5.11 Å². The zero-order valence-corrected chi connectivity index (χ0v) is 11.8. The highest BCUT2D eigenvalue weighted by Crippen LogP contribution is 2.28. The average molecular weight is 247 g/mol. The molecule has 0 aliphatic carbocycles. The second-order valence-corrected chi connectivity index (χ2v) is 5.70. The lowest BCUT2D eigenvalue weighted by Crippen LogP contribution is -2.38. The molecule has 3 unspecified atom stereocenters. The van der Waals surface area contributed by atoms with Crippen molar-refractivity contribution < 1.29 is 5.11 Å². The third-order valence-electron chi connectivity index (χ3n) is 4.36. The van der Waals surface area contributed by atoms with Gasteiger partial charge in [0.2, 0.25) is 0 Å². The Labute approximate surface area is 111 Å². The first-order valence-electron chi connectivity index (χ1n) is 7.14. The van der Waals surface area contributed by atoms with E-state index in [2.05, 4.69) is 43.0 Å². The van der Waals surface area contributed by atoms with E-state index >= 15 is 0 Å². The monoisotopic (exact) mass is 247 g/mol. The molecule has 0 radical (unpaired) electrons. The first-order chi connectivity index (χ1) is 8.61. The molecule has 3 atom stereocenters. The van der Waals surface area contributed by atoms with Gasteiger partial charge in [0.15, 0.2) is 0 Å². The standard InChI is InChI=1S/C16H25NO/c1-4-16(18)14-5-7-15(8-6-14)17-10-9-12(2)13(3)11-17/h5-8,12-13,16,18H,4,9-11H2,1-3H3. The minimum atomic E-state index is -0.320. The molecular weight excluding hydrogens is 222 g/mol. The number of benzene rings is 1. The lowest BCUT2D eigenvalue weighted by Gasteiger charge is -2.37. The number of nitrogens with zero attached hydrogens (tertiary/aromatic N) is 1. The molecule has 18 heavy (non-hydrogen) atoms. The number of aliphatic hydroxyl groups is 1. The van der Waals surface area contributed by atoms with Crippen LogP contribution in [0.15, 0.2) is 24.3 Å². The van der Waals surface area contributed by atoms with Crippen LogP contribution < -0.4 is 4.90 Å². The quantitative estimate of drug-likeness (QED) is 0.882. The highest BCUT2D eigenvalue weighted by Gasteiger charge is 2.22. The SMILES string of the molecule is CCC(O)c1ccc(N2CCC(C)C(C)C2)cc1. The molecule has 1 heterocycles. The van der Waals surface area contributed by atoms with Gasteiger partial charge >= 0.3 is 0 Å². The third kappa shape index (κ3) is 2.86. The van der Waals surface area contributed by atoms with E-state index < -0.39 is 0 Å². The summed E-state index contributed by atoms with van der Waals surface area (Å²) in [6, 6.07) is 8.42. The van der Waals surface area contributed by atoms with Gasteiger partial charge < -0.3 is 10.0 Å². The molecule has 2 rings (SSSR count). The minimum Gasteiger partial charge on any atom is -0.388 e. The molecule has 1 aromatic rings. The Morgan fingerprint density at radius 2 is 1.89 bits per heavy atom. The predicted octanol–water partition coefficient (Wildman–Crippen LogP) is 3.61. The Bertz CT molecular complexity index is 373. The maximum atomic E-state index is 9.79. The third-order valence-corrected chi connectivity index (χ3v) is 4.36. The van der Waals surface area contributed by atoms with E-state index in [1.165, 1.54) is 12.1 Å². The summed E-state index contributed by atoms with van der Waals surface area (Å²) in [7, 11) is 0. The molecule has 0 aromatic heterocycles. The van der Waals surface area contributed by atoms with Crippen molar-refractivity contribution in [1.82, 2.24) is 0 Å². The van der Waals surface area contributed by atoms with E-state index in [4.69, 9.17) is 0 Å². The van der Waals surface area contributed by atoms with Crippen LogP contribution in [0.1, 0.15) is 45.3 Å². The van der Waals surface area contributed by atoms with Crippen LogP contribution in [0.25, 0.3) is 0 Å². The summed E-state index contributed by atoms with van der Waals surface area (Å²) < 4.78 is 0. The van der Waals surface area contributed by atoms with Gasteiger partial charge in [0.25, 0.3) is 0 Å². The Balaban J connectivity index is 2.06. The minimum absolute atomic E-state index is 0.320. The van der Waals surface area contributed by atoms with E-state index in [0.29, 0.717) is 0 Å². The maximum absolute atomic E-state index is 9.79. The van der Waals surface area contributed by atoms with Gasteiger partial charge in [-0.05, 0) is 42.4 Å². The number of hydrogen-bond acceptors (Lipinski definition) is 2. The molecule has 0 bridgehead atoms. The summed E-state index contributed by atoms with van der Waals surface area (Å²) in [5.74, 6) is 1.60. The zero-order chi connectivity index (χ0) is 13.1. The van der Waals surface area contributed by atoms with Crippen molar-refractivity contribution in [3.63, 3.8) is 0 Å². The van der Waals surface area contributed by atoms with Crippen LogP contribution in [0, 0.1) is 11.8 Å². The fraction of sp³-hybridized carbons (Fsp3) is 0.625. The molecule has 2 nitrogen and oxygen atoms in total. The molecule has 1 aliphatic rings. The van der Waals surface area contributed by atoms with Gasteiger partial charge in [-0.25, -0.2) is 0 Å². The topological polar surface area (TPSA) is 23.5 Å². The van der Waals surface area contributed by atoms with Crippen LogP contribution in [-0.4, -0.2) is 18.2 Å². The Morgan fingerprint density at radius 1 is 1.22 bits per heavy atom. The van der Waals surface area contributed by atoms with Crippen LogP contribution in [0.3, 0.4) is 0 Å². The molecule has 100 valence electrons. The molecule has 0 amide bonds. The smallest absolute Gasteiger partial charge is 0.0787 e. The van der Waals surface area contributed by atoms with Gasteiger partial charge in [-0.15, -0.1) is 0 Å². The summed E-state index contributed by atoms with van der Waals surface area (Å²) >= 11 is 0. The summed E-state index contributed by atoms with van der Waals surface area (Å²) in [6.07, 6.45) is 1.73. The number of rotatable bonds is 3. The zero-order valence-electron chi connectivity index (χ0n) is 11.8. The second kappa shape index (κ2) is 5.75. The van der Waals surface area contributed by atoms with Crippen molar-refractivity contribution >= 4 is 5.69 Å². The van der Waals surface area contributed by atoms with E-state index in [0.717, 1.165) is 36.9 Å². The molecule has 1 saturated heterocycles. The van der Waals surface area contributed by atoms with Crippen LogP contribution in [0.5, 0.6) is 0 Å². The Morgan fingerprint density at radius 3 is 2.44 bits per heavy atom. The van der Waals surface area contributed by atoms with Crippen molar-refractivity contribution in [2.45, 2.75) is 39.7 Å². The van der Waals surface area contributed by atoms with Gasteiger partial charge in [0.1, 0.15) is 0 Å². The molecule has 1 N–H and O–H groups in total. The van der Waals surface area contributed by atoms with Gasteiger partial charge in [-0.1, -0.05) is 32.9 Å². The van der Waals surface area contributed by atoms with Crippen LogP contribution in [0.4, 0.5) is 5.69 Å². The molecule has 2 heteroatoms. The fourth-order valence-corrected chi connectivity index (χ4v) is 2.64. The normalized spacial score (nSPS) is 26.1. The fourth-order valence-electron chi connectivity index (χ4n) is 2.64. The summed E-state index contributed by atoms with van der Waals surface area (Å²) in [6.45, 7) is 9.00. The van der Waals surface area contributed by atoms with Crippen molar-refractivity contribution in [2.24, 2.45) is 11.8 Å². The van der Waals surface area contributed by atoms with Gasteiger partial charge in [0, 0.05) is 18.8 Å². The Hall–Kier alpha value is -1.02. The van der Waals surface area contributed by atoms with Crippen molar-refractivity contribution in [3.8, 4) is 0 Å². The highest BCUT2D eigenvalue weighted by atomic mass is 16.3. The predicted molar refractivity (Wildman–Crippen MR) is 76.9 cm³/mol. The lowest BCUT2D eigenvalue weighted by molar-refractivity contribution is 0.173. The average Bonchev–Trinajstić information content (AvgIpc) is 2.41. The maximum Gasteiger partial charge on any atom is 0.0787 e. The molecule has 0 saturated carbocycles. The molecule has 1 fully saturated rings. The van der Waals surface area contributed by atoms with Crippen LogP contribution in [0.2, 0.25) is 0 Å². The summed E-state index contributed by atoms with van der Waals surface area (Å²) in [4.78, 5) is 2.47. The lowest BCUT2D eigenvalue weighted by atomic mass is 9.88. The summed E-state index contributed by atoms with van der Waals surface area (Å²) in [5.41, 5.74) is 2.32. The number of hydrogen-bond donors (Lipinski definition) is 1. The van der Waals surface area contributed by atoms with Crippen LogP contribution >= 0.6 is 0 Å². The molecule has 0 spiro atoms. The second-order valence-electron chi connectivity index (χ2n) is 5.70.